The number of carbonyl (C=O) groups excluding carboxylic acids is 2. The lowest BCUT2D eigenvalue weighted by molar-refractivity contribution is -0.384. The molecule has 0 aliphatic rings. The predicted molar refractivity (Wildman–Crippen MR) is 85.6 cm³/mol. The van der Waals surface area contributed by atoms with Crippen molar-refractivity contribution in [3.63, 3.8) is 0 Å². The summed E-state index contributed by atoms with van der Waals surface area (Å²) in [4.78, 5) is 32.8. The molecule has 0 heterocycles. The van der Waals surface area contributed by atoms with Gasteiger partial charge in [-0.3, -0.25) is 19.7 Å². The normalized spacial score (nSPS) is 9.88. The summed E-state index contributed by atoms with van der Waals surface area (Å²) in [6.07, 6.45) is 0.668. The van der Waals surface area contributed by atoms with Crippen molar-refractivity contribution >= 4 is 23.6 Å². The summed E-state index contributed by atoms with van der Waals surface area (Å²) in [5, 5.41) is 13.2. The standard InChI is InChI=1S/C16H14N2O6/c1-23-15-7-11(9-19)5-6-14(15)24-10-16(20)17-12-3-2-4-13(8-12)18(21)22/h2-9H,10H2,1H3,(H,17,20). The van der Waals surface area contributed by atoms with Gasteiger partial charge in [0.1, 0.15) is 6.29 Å². The van der Waals surface area contributed by atoms with E-state index in [2.05, 4.69) is 5.32 Å². The van der Waals surface area contributed by atoms with Gasteiger partial charge in [0.25, 0.3) is 11.6 Å². The van der Waals surface area contributed by atoms with Gasteiger partial charge in [-0.05, 0) is 24.3 Å². The first-order valence-electron chi connectivity index (χ1n) is 6.84. The molecule has 1 N–H and O–H groups in total. The Morgan fingerprint density at radius 3 is 2.71 bits per heavy atom. The quantitative estimate of drug-likeness (QED) is 0.474. The molecule has 24 heavy (non-hydrogen) atoms. The van der Waals surface area contributed by atoms with Crippen LogP contribution >= 0.6 is 0 Å². The van der Waals surface area contributed by atoms with Crippen molar-refractivity contribution in [3.05, 3.63) is 58.1 Å². The Balaban J connectivity index is 2.00. The largest absolute Gasteiger partial charge is 0.493 e. The van der Waals surface area contributed by atoms with Crippen LogP contribution in [0.4, 0.5) is 11.4 Å². The molecule has 0 saturated heterocycles. The molecule has 2 aromatic rings. The number of rotatable bonds is 7. The van der Waals surface area contributed by atoms with E-state index in [1.807, 2.05) is 0 Å². The minimum Gasteiger partial charge on any atom is -0.493 e. The number of hydrogen-bond acceptors (Lipinski definition) is 6. The van der Waals surface area contributed by atoms with Crippen LogP contribution in [0.25, 0.3) is 0 Å². The third-order valence-corrected chi connectivity index (χ3v) is 3.02. The Hall–Kier alpha value is -3.42. The number of nitro groups is 1. The molecule has 2 aromatic carbocycles. The number of methoxy groups -OCH3 is 1. The van der Waals surface area contributed by atoms with E-state index in [0.717, 1.165) is 0 Å². The average molecular weight is 330 g/mol. The van der Waals surface area contributed by atoms with Crippen molar-refractivity contribution in [1.82, 2.24) is 0 Å². The lowest BCUT2D eigenvalue weighted by Gasteiger charge is -2.11. The fourth-order valence-electron chi connectivity index (χ4n) is 1.91. The van der Waals surface area contributed by atoms with Crippen LogP contribution in [-0.2, 0) is 4.79 Å². The molecule has 0 atom stereocenters. The number of anilines is 1. The van der Waals surface area contributed by atoms with E-state index in [1.54, 1.807) is 0 Å². The molecule has 0 saturated carbocycles. The summed E-state index contributed by atoms with van der Waals surface area (Å²) < 4.78 is 10.4. The van der Waals surface area contributed by atoms with Crippen molar-refractivity contribution in [2.45, 2.75) is 0 Å². The van der Waals surface area contributed by atoms with Gasteiger partial charge in [0.05, 0.1) is 12.0 Å². The Morgan fingerprint density at radius 1 is 1.25 bits per heavy atom. The monoisotopic (exact) mass is 330 g/mol. The summed E-state index contributed by atoms with van der Waals surface area (Å²) in [6.45, 7) is -0.320. The van der Waals surface area contributed by atoms with Crippen LogP contribution in [0.15, 0.2) is 42.5 Å². The van der Waals surface area contributed by atoms with Crippen LogP contribution in [-0.4, -0.2) is 30.8 Å². The summed E-state index contributed by atoms with van der Waals surface area (Å²) in [5.74, 6) is 0.136. The fraction of sp³-hybridized carbons (Fsp3) is 0.125. The van der Waals surface area contributed by atoms with E-state index in [-0.39, 0.29) is 12.3 Å². The van der Waals surface area contributed by atoms with Crippen LogP contribution in [0.2, 0.25) is 0 Å². The zero-order valence-corrected chi connectivity index (χ0v) is 12.7. The molecule has 0 fully saturated rings. The summed E-state index contributed by atoms with van der Waals surface area (Å²) in [7, 11) is 1.42. The predicted octanol–water partition coefficient (Wildman–Crippen LogP) is 2.43. The molecule has 124 valence electrons. The molecule has 0 aliphatic carbocycles. The molecule has 1 amide bonds. The number of carbonyl (C=O) groups is 2. The lowest BCUT2D eigenvalue weighted by Crippen LogP contribution is -2.20. The minimum absolute atomic E-state index is 0.125. The van der Waals surface area contributed by atoms with E-state index in [9.17, 15) is 19.7 Å². The second-order valence-corrected chi connectivity index (χ2v) is 4.67. The molecule has 0 aliphatic heterocycles. The van der Waals surface area contributed by atoms with E-state index in [0.29, 0.717) is 29.0 Å². The Labute approximate surface area is 137 Å². The zero-order valence-electron chi connectivity index (χ0n) is 12.7. The van der Waals surface area contributed by atoms with Crippen LogP contribution in [0.3, 0.4) is 0 Å². The van der Waals surface area contributed by atoms with Crippen molar-refractivity contribution in [3.8, 4) is 11.5 Å². The molecule has 0 aromatic heterocycles. The van der Waals surface area contributed by atoms with E-state index in [1.165, 1.54) is 49.6 Å². The number of aldehydes is 1. The summed E-state index contributed by atoms with van der Waals surface area (Å²) in [6, 6.07) is 10.1. The number of nitrogens with zero attached hydrogens (tertiary/aromatic N) is 1. The van der Waals surface area contributed by atoms with Crippen molar-refractivity contribution < 1.29 is 24.0 Å². The molecule has 0 radical (unpaired) electrons. The van der Waals surface area contributed by atoms with Crippen molar-refractivity contribution in [2.24, 2.45) is 0 Å². The number of hydrogen-bond donors (Lipinski definition) is 1. The lowest BCUT2D eigenvalue weighted by atomic mass is 10.2. The number of amides is 1. The maximum Gasteiger partial charge on any atom is 0.271 e. The first-order valence-corrected chi connectivity index (χ1v) is 6.84. The van der Waals surface area contributed by atoms with Gasteiger partial charge in [-0.2, -0.15) is 0 Å². The Bertz CT molecular complexity index is 775. The summed E-state index contributed by atoms with van der Waals surface area (Å²) >= 11 is 0. The van der Waals surface area contributed by atoms with Gasteiger partial charge in [0.2, 0.25) is 0 Å². The van der Waals surface area contributed by atoms with Gasteiger partial charge in [-0.1, -0.05) is 6.07 Å². The van der Waals surface area contributed by atoms with Gasteiger partial charge in [0, 0.05) is 23.4 Å². The molecule has 8 heteroatoms. The number of nitro benzene ring substituents is 1. The van der Waals surface area contributed by atoms with Gasteiger partial charge < -0.3 is 14.8 Å². The van der Waals surface area contributed by atoms with Crippen LogP contribution in [0, 0.1) is 10.1 Å². The van der Waals surface area contributed by atoms with Gasteiger partial charge in [-0.25, -0.2) is 0 Å². The topological polar surface area (TPSA) is 108 Å². The van der Waals surface area contributed by atoms with Gasteiger partial charge in [0.15, 0.2) is 18.1 Å². The number of benzene rings is 2. The molecule has 0 spiro atoms. The molecule has 0 unspecified atom stereocenters. The highest BCUT2D eigenvalue weighted by atomic mass is 16.6. The minimum atomic E-state index is -0.550. The number of non-ortho nitro benzene ring substituents is 1. The molecule has 2 rings (SSSR count). The van der Waals surface area contributed by atoms with E-state index < -0.39 is 10.8 Å². The SMILES string of the molecule is COc1cc(C=O)ccc1OCC(=O)Nc1cccc([N+](=O)[O-])c1. The van der Waals surface area contributed by atoms with E-state index >= 15 is 0 Å². The Kier molecular flexibility index (Phi) is 5.45. The van der Waals surface area contributed by atoms with Gasteiger partial charge in [-0.15, -0.1) is 0 Å². The third-order valence-electron chi connectivity index (χ3n) is 3.02. The molecule has 8 nitrogen and oxygen atoms in total. The number of nitrogens with one attached hydrogen (secondary N) is 1. The molecule has 0 bridgehead atoms. The highest BCUT2D eigenvalue weighted by molar-refractivity contribution is 5.92. The second kappa shape index (κ2) is 7.73. The van der Waals surface area contributed by atoms with Crippen LogP contribution in [0.1, 0.15) is 10.4 Å². The smallest absolute Gasteiger partial charge is 0.271 e. The maximum atomic E-state index is 11.9. The zero-order chi connectivity index (χ0) is 17.5. The van der Waals surface area contributed by atoms with Crippen LogP contribution < -0.4 is 14.8 Å². The first kappa shape index (κ1) is 16.9. The maximum absolute atomic E-state index is 11.9. The Morgan fingerprint density at radius 2 is 2.04 bits per heavy atom. The first-order chi connectivity index (χ1) is 11.5. The third kappa shape index (κ3) is 4.29. The second-order valence-electron chi connectivity index (χ2n) is 4.67. The van der Waals surface area contributed by atoms with E-state index in [4.69, 9.17) is 9.47 Å². The highest BCUT2D eigenvalue weighted by Crippen LogP contribution is 2.27. The highest BCUT2D eigenvalue weighted by Gasteiger charge is 2.11. The van der Waals surface area contributed by atoms with Crippen molar-refractivity contribution in [1.29, 1.82) is 0 Å². The van der Waals surface area contributed by atoms with Crippen molar-refractivity contribution in [2.75, 3.05) is 19.0 Å². The fourth-order valence-corrected chi connectivity index (χ4v) is 1.91. The number of ether oxygens (including phenoxy) is 2. The molecular weight excluding hydrogens is 316 g/mol. The van der Waals surface area contributed by atoms with Gasteiger partial charge >= 0.3 is 0 Å². The average Bonchev–Trinajstić information content (AvgIpc) is 2.60. The van der Waals surface area contributed by atoms with Crippen LogP contribution in [0.5, 0.6) is 11.5 Å². The molecular formula is C16H14N2O6. The summed E-state index contributed by atoms with van der Waals surface area (Å²) in [5.41, 5.74) is 0.584.